The predicted molar refractivity (Wildman–Crippen MR) is 138 cm³/mol. The Balaban J connectivity index is 1.84. The average molecular weight is 518 g/mol. The smallest absolute Gasteiger partial charge is 0.341 e. The Morgan fingerprint density at radius 3 is 2.43 bits per heavy atom. The number of amides is 1. The Bertz CT molecular complexity index is 1190. The molecule has 8 nitrogen and oxygen atoms in total. The molecule has 2 heterocycles. The maximum atomic E-state index is 13.0. The SMILES string of the molecule is C=CCN(CC=C)S(=O)(=O)c1ccc(C(=O)Nc2sc3c(c2C(=O)OC)CCN(CCC)C3)cc1. The number of anilines is 1. The zero-order valence-corrected chi connectivity index (χ0v) is 21.7. The molecule has 0 atom stereocenters. The Labute approximate surface area is 210 Å². The largest absolute Gasteiger partial charge is 0.465 e. The van der Waals surface area contributed by atoms with Crippen LogP contribution in [-0.4, -0.2) is 62.8 Å². The minimum atomic E-state index is -3.76. The van der Waals surface area contributed by atoms with Crippen LogP contribution in [-0.2, 0) is 27.7 Å². The second kappa shape index (κ2) is 11.8. The number of nitrogens with zero attached hydrogens (tertiary/aromatic N) is 2. The van der Waals surface area contributed by atoms with Crippen molar-refractivity contribution in [3.8, 4) is 0 Å². The Morgan fingerprint density at radius 2 is 1.86 bits per heavy atom. The van der Waals surface area contributed by atoms with E-state index in [0.29, 0.717) is 17.0 Å². The number of thiophene rings is 1. The number of hydrogen-bond acceptors (Lipinski definition) is 7. The lowest BCUT2D eigenvalue weighted by Crippen LogP contribution is -2.31. The molecular weight excluding hydrogens is 486 g/mol. The number of nitrogens with one attached hydrogen (secondary N) is 1. The molecule has 1 aliphatic rings. The van der Waals surface area contributed by atoms with Gasteiger partial charge in [-0.25, -0.2) is 13.2 Å². The van der Waals surface area contributed by atoms with E-state index >= 15 is 0 Å². The van der Waals surface area contributed by atoms with E-state index in [0.717, 1.165) is 36.5 Å². The van der Waals surface area contributed by atoms with Crippen LogP contribution in [0.2, 0.25) is 0 Å². The molecule has 0 radical (unpaired) electrons. The third-order valence-corrected chi connectivity index (χ3v) is 8.69. The number of rotatable bonds is 11. The van der Waals surface area contributed by atoms with Crippen molar-refractivity contribution in [2.75, 3.05) is 38.6 Å². The molecular formula is C25H31N3O5S2. The summed E-state index contributed by atoms with van der Waals surface area (Å²) in [6.07, 6.45) is 4.76. The van der Waals surface area contributed by atoms with Gasteiger partial charge in [-0.15, -0.1) is 24.5 Å². The van der Waals surface area contributed by atoms with Gasteiger partial charge in [0.1, 0.15) is 5.00 Å². The number of ether oxygens (including phenoxy) is 1. The molecule has 35 heavy (non-hydrogen) atoms. The monoisotopic (exact) mass is 517 g/mol. The highest BCUT2D eigenvalue weighted by atomic mass is 32.2. The molecule has 0 spiro atoms. The number of hydrogen-bond donors (Lipinski definition) is 1. The Morgan fingerprint density at radius 1 is 1.20 bits per heavy atom. The second-order valence-electron chi connectivity index (χ2n) is 8.10. The van der Waals surface area contributed by atoms with E-state index < -0.39 is 21.9 Å². The van der Waals surface area contributed by atoms with Crippen LogP contribution in [0.4, 0.5) is 5.00 Å². The molecule has 1 aromatic heterocycles. The molecule has 3 rings (SSSR count). The van der Waals surface area contributed by atoms with Gasteiger partial charge in [-0.1, -0.05) is 19.1 Å². The highest BCUT2D eigenvalue weighted by Crippen LogP contribution is 2.38. The van der Waals surface area contributed by atoms with E-state index in [1.165, 1.54) is 59.2 Å². The fourth-order valence-corrected chi connectivity index (χ4v) is 6.69. The molecule has 1 aromatic carbocycles. The first kappa shape index (κ1) is 26.8. The Kier molecular flexibility index (Phi) is 9.01. The maximum absolute atomic E-state index is 13.0. The van der Waals surface area contributed by atoms with E-state index in [1.54, 1.807) is 0 Å². The lowest BCUT2D eigenvalue weighted by atomic mass is 10.0. The van der Waals surface area contributed by atoms with Gasteiger partial charge in [-0.05, 0) is 49.2 Å². The summed E-state index contributed by atoms with van der Waals surface area (Å²) in [5, 5.41) is 3.29. The molecule has 188 valence electrons. The van der Waals surface area contributed by atoms with E-state index in [2.05, 4.69) is 30.3 Å². The third kappa shape index (κ3) is 5.90. The summed E-state index contributed by atoms with van der Waals surface area (Å²) in [4.78, 5) is 29.0. The number of benzene rings is 1. The van der Waals surface area contributed by atoms with Crippen LogP contribution in [0.3, 0.4) is 0 Å². The lowest BCUT2D eigenvalue weighted by Gasteiger charge is -2.26. The summed E-state index contributed by atoms with van der Waals surface area (Å²) in [7, 11) is -2.44. The molecule has 10 heteroatoms. The fraction of sp³-hybridized carbons (Fsp3) is 0.360. The molecule has 1 amide bonds. The highest BCUT2D eigenvalue weighted by molar-refractivity contribution is 7.89. The number of methoxy groups -OCH3 is 1. The normalized spacial score (nSPS) is 13.8. The van der Waals surface area contributed by atoms with E-state index in [1.807, 2.05) is 0 Å². The van der Waals surface area contributed by atoms with Crippen LogP contribution in [0.25, 0.3) is 0 Å². The summed E-state index contributed by atoms with van der Waals surface area (Å²) in [6.45, 7) is 12.2. The van der Waals surface area contributed by atoms with Gasteiger partial charge in [0.15, 0.2) is 0 Å². The summed E-state index contributed by atoms with van der Waals surface area (Å²) >= 11 is 1.38. The van der Waals surface area contributed by atoms with Gasteiger partial charge in [-0.2, -0.15) is 4.31 Å². The fourth-order valence-electron chi connectivity index (χ4n) is 4.03. The molecule has 0 unspecified atom stereocenters. The molecule has 2 aromatic rings. The zero-order valence-electron chi connectivity index (χ0n) is 20.1. The molecule has 0 bridgehead atoms. The topological polar surface area (TPSA) is 96.0 Å². The highest BCUT2D eigenvalue weighted by Gasteiger charge is 2.29. The van der Waals surface area contributed by atoms with E-state index in [-0.39, 0.29) is 23.5 Å². The lowest BCUT2D eigenvalue weighted by molar-refractivity contribution is 0.0600. The third-order valence-electron chi connectivity index (χ3n) is 5.71. The summed E-state index contributed by atoms with van der Waals surface area (Å²) < 4.78 is 32.0. The first-order chi connectivity index (χ1) is 16.8. The number of esters is 1. The van der Waals surface area contributed by atoms with Gasteiger partial charge in [-0.3, -0.25) is 9.69 Å². The molecule has 0 saturated carbocycles. The Hall–Kier alpha value is -2.79. The average Bonchev–Trinajstić information content (AvgIpc) is 3.20. The number of fused-ring (bicyclic) bond motifs is 1. The van der Waals surface area contributed by atoms with Gasteiger partial charge < -0.3 is 10.1 Å². The van der Waals surface area contributed by atoms with Gasteiger partial charge in [0.05, 0.1) is 17.6 Å². The number of carbonyl (C=O) groups is 2. The van der Waals surface area contributed by atoms with E-state index in [4.69, 9.17) is 4.74 Å². The maximum Gasteiger partial charge on any atom is 0.341 e. The van der Waals surface area contributed by atoms with Crippen molar-refractivity contribution < 1.29 is 22.7 Å². The van der Waals surface area contributed by atoms with Crippen LogP contribution in [0.1, 0.15) is 44.5 Å². The van der Waals surface area contributed by atoms with Crippen LogP contribution in [0, 0.1) is 0 Å². The van der Waals surface area contributed by atoms with Crippen molar-refractivity contribution in [2.45, 2.75) is 31.2 Å². The van der Waals surface area contributed by atoms with Crippen LogP contribution < -0.4 is 5.32 Å². The summed E-state index contributed by atoms with van der Waals surface area (Å²) in [5.41, 5.74) is 1.61. The van der Waals surface area contributed by atoms with Crippen molar-refractivity contribution in [3.63, 3.8) is 0 Å². The molecule has 0 saturated heterocycles. The quantitative estimate of drug-likeness (QED) is 0.359. The summed E-state index contributed by atoms with van der Waals surface area (Å²) in [5.74, 6) is -0.912. The van der Waals surface area contributed by atoms with E-state index in [9.17, 15) is 18.0 Å². The zero-order chi connectivity index (χ0) is 25.6. The van der Waals surface area contributed by atoms with Crippen LogP contribution in [0.15, 0.2) is 54.5 Å². The number of sulfonamides is 1. The van der Waals surface area contributed by atoms with Gasteiger partial charge in [0, 0.05) is 36.6 Å². The predicted octanol–water partition coefficient (Wildman–Crippen LogP) is 3.92. The van der Waals surface area contributed by atoms with Crippen molar-refractivity contribution in [1.29, 1.82) is 0 Å². The molecule has 1 N–H and O–H groups in total. The minimum Gasteiger partial charge on any atom is -0.465 e. The summed E-state index contributed by atoms with van der Waals surface area (Å²) in [6, 6.07) is 5.70. The van der Waals surface area contributed by atoms with Crippen LogP contribution >= 0.6 is 11.3 Å². The number of carbonyl (C=O) groups excluding carboxylic acids is 2. The molecule has 0 fully saturated rings. The first-order valence-corrected chi connectivity index (χ1v) is 13.6. The standard InChI is InChI=1S/C25H31N3O5S2/c1-5-13-27-16-12-20-21(17-27)34-24(22(20)25(30)33-4)26-23(29)18-8-10-19(11-9-18)35(31,32)28(14-6-2)15-7-3/h6-11H,2-3,5,12-17H2,1,4H3,(H,26,29). The van der Waals surface area contributed by atoms with Crippen molar-refractivity contribution in [2.24, 2.45) is 0 Å². The van der Waals surface area contributed by atoms with Crippen LogP contribution in [0.5, 0.6) is 0 Å². The van der Waals surface area contributed by atoms with Crippen molar-refractivity contribution >= 4 is 38.2 Å². The first-order valence-electron chi connectivity index (χ1n) is 11.3. The van der Waals surface area contributed by atoms with Gasteiger partial charge in [0.2, 0.25) is 10.0 Å². The second-order valence-corrected chi connectivity index (χ2v) is 11.1. The van der Waals surface area contributed by atoms with Crippen molar-refractivity contribution in [1.82, 2.24) is 9.21 Å². The van der Waals surface area contributed by atoms with Crippen molar-refractivity contribution in [3.05, 3.63) is 71.1 Å². The molecule has 1 aliphatic heterocycles. The molecule has 0 aliphatic carbocycles. The van der Waals surface area contributed by atoms with Gasteiger partial charge >= 0.3 is 5.97 Å². The van der Waals surface area contributed by atoms with Gasteiger partial charge in [0.25, 0.3) is 5.91 Å². The minimum absolute atomic E-state index is 0.0654.